The first-order valence-corrected chi connectivity index (χ1v) is 12.2. The highest BCUT2D eigenvalue weighted by Crippen LogP contribution is 2.31. The van der Waals surface area contributed by atoms with Crippen molar-refractivity contribution in [3.63, 3.8) is 0 Å². The number of piperidine rings is 1. The van der Waals surface area contributed by atoms with Crippen molar-refractivity contribution < 1.29 is 9.18 Å². The zero-order valence-electron chi connectivity index (χ0n) is 20.0. The minimum Gasteiger partial charge on any atom is -0.351 e. The normalized spacial score (nSPS) is 16.7. The van der Waals surface area contributed by atoms with Gasteiger partial charge in [-0.1, -0.05) is 12.1 Å². The van der Waals surface area contributed by atoms with Crippen molar-refractivity contribution in [2.24, 2.45) is 0 Å². The van der Waals surface area contributed by atoms with E-state index >= 15 is 0 Å². The van der Waals surface area contributed by atoms with Crippen molar-refractivity contribution >= 4 is 22.6 Å². The zero-order chi connectivity index (χ0) is 23.7. The molecule has 6 nitrogen and oxygen atoms in total. The second-order valence-electron chi connectivity index (χ2n) is 9.54. The van der Waals surface area contributed by atoms with Crippen LogP contribution >= 0.6 is 0 Å². The number of aromatic nitrogens is 2. The van der Waals surface area contributed by atoms with E-state index in [-0.39, 0.29) is 12.6 Å². The molecule has 0 radical (unpaired) electrons. The van der Waals surface area contributed by atoms with Crippen molar-refractivity contribution in [3.8, 4) is 0 Å². The lowest BCUT2D eigenvalue weighted by molar-refractivity contribution is 0.0704. The molecule has 2 aliphatic heterocycles. The molecule has 5 rings (SSSR count). The molecular weight excluding hydrogens is 429 g/mol. The van der Waals surface area contributed by atoms with Crippen molar-refractivity contribution in [3.05, 3.63) is 64.5 Å². The number of anilines is 1. The van der Waals surface area contributed by atoms with Gasteiger partial charge < -0.3 is 15.1 Å². The topological polar surface area (TPSA) is 61.4 Å². The fraction of sp³-hybridized carbons (Fsp3) is 0.444. The highest BCUT2D eigenvalue weighted by atomic mass is 19.1. The molecule has 0 aliphatic carbocycles. The summed E-state index contributed by atoms with van der Waals surface area (Å²) in [7, 11) is 0. The van der Waals surface area contributed by atoms with Crippen molar-refractivity contribution in [2.75, 3.05) is 37.8 Å². The van der Waals surface area contributed by atoms with E-state index in [9.17, 15) is 9.18 Å². The number of aryl methyl sites for hydroxylation is 2. The third kappa shape index (κ3) is 4.49. The van der Waals surface area contributed by atoms with E-state index in [1.165, 1.54) is 16.7 Å². The molecule has 1 aromatic heterocycles. The number of alkyl halides is 1. The van der Waals surface area contributed by atoms with Gasteiger partial charge in [-0.25, -0.2) is 14.4 Å². The van der Waals surface area contributed by atoms with E-state index in [4.69, 9.17) is 0 Å². The van der Waals surface area contributed by atoms with Crippen LogP contribution < -0.4 is 10.2 Å². The Balaban J connectivity index is 1.34. The van der Waals surface area contributed by atoms with Crippen molar-refractivity contribution in [1.82, 2.24) is 20.2 Å². The third-order valence-corrected chi connectivity index (χ3v) is 7.13. The van der Waals surface area contributed by atoms with Gasteiger partial charge in [0, 0.05) is 49.7 Å². The number of fused-ring (bicyclic) bond motifs is 2. The maximum Gasteiger partial charge on any atom is 0.253 e. The number of amides is 1. The largest absolute Gasteiger partial charge is 0.351 e. The summed E-state index contributed by atoms with van der Waals surface area (Å²) in [5, 5.41) is 4.31. The Morgan fingerprint density at radius 2 is 1.91 bits per heavy atom. The molecule has 34 heavy (non-hydrogen) atoms. The summed E-state index contributed by atoms with van der Waals surface area (Å²) in [6.07, 6.45) is 4.31. The molecule has 1 saturated heterocycles. The summed E-state index contributed by atoms with van der Waals surface area (Å²) in [6.45, 7) is 7.26. The quantitative estimate of drug-likeness (QED) is 0.623. The number of halogens is 1. The van der Waals surface area contributed by atoms with Crippen LogP contribution in [0.1, 0.15) is 45.5 Å². The number of benzene rings is 2. The Bertz CT molecular complexity index is 1210. The van der Waals surface area contributed by atoms with Gasteiger partial charge in [-0.2, -0.15) is 0 Å². The van der Waals surface area contributed by atoms with Gasteiger partial charge in [0.1, 0.15) is 18.8 Å². The summed E-state index contributed by atoms with van der Waals surface area (Å²) < 4.78 is 12.4. The van der Waals surface area contributed by atoms with E-state index in [0.717, 1.165) is 60.2 Å². The molecule has 7 heteroatoms. The number of nitrogens with one attached hydrogen (secondary N) is 1. The third-order valence-electron chi connectivity index (χ3n) is 7.13. The number of rotatable bonds is 5. The second-order valence-corrected chi connectivity index (χ2v) is 9.54. The number of nitrogens with zero attached hydrogens (tertiary/aromatic N) is 4. The van der Waals surface area contributed by atoms with Crippen LogP contribution in [0.3, 0.4) is 0 Å². The number of carbonyl (C=O) groups excluding carboxylic acids is 1. The van der Waals surface area contributed by atoms with Crippen molar-refractivity contribution in [2.45, 2.75) is 45.7 Å². The summed E-state index contributed by atoms with van der Waals surface area (Å²) >= 11 is 0. The van der Waals surface area contributed by atoms with Crippen LogP contribution in [0.25, 0.3) is 10.9 Å². The summed E-state index contributed by atoms with van der Waals surface area (Å²) in [5.74, 6) is 1.05. The summed E-state index contributed by atoms with van der Waals surface area (Å²) in [4.78, 5) is 26.6. The average Bonchev–Trinajstić information content (AvgIpc) is 2.86. The van der Waals surface area contributed by atoms with Gasteiger partial charge in [0.25, 0.3) is 5.91 Å². The van der Waals surface area contributed by atoms with Gasteiger partial charge in [0.15, 0.2) is 0 Å². The standard InChI is InChI=1S/C27H32FN5O/c1-18-13-19(2)25-24(14-18)26(31-17-30-25)33-10-5-20-3-4-21(15-22(20)16-33)27(34)32-11-6-23(7-12-32)29-9-8-28/h3-4,13-15,17,23,29H,5-12,16H2,1-2H3. The van der Waals surface area contributed by atoms with E-state index in [1.807, 2.05) is 11.0 Å². The first kappa shape index (κ1) is 22.7. The number of hydrogen-bond donors (Lipinski definition) is 1. The molecule has 1 amide bonds. The van der Waals surface area contributed by atoms with Crippen LogP contribution in [-0.4, -0.2) is 59.7 Å². The molecule has 0 spiro atoms. The van der Waals surface area contributed by atoms with Crippen LogP contribution in [0.2, 0.25) is 0 Å². The average molecular weight is 462 g/mol. The number of likely N-dealkylation sites (tertiary alicyclic amines) is 1. The van der Waals surface area contributed by atoms with Gasteiger partial charge in [-0.15, -0.1) is 0 Å². The number of hydrogen-bond acceptors (Lipinski definition) is 5. The van der Waals surface area contributed by atoms with Crippen LogP contribution in [0.15, 0.2) is 36.7 Å². The van der Waals surface area contributed by atoms with Gasteiger partial charge in [-0.3, -0.25) is 4.79 Å². The molecule has 2 aliphatic rings. The lowest BCUT2D eigenvalue weighted by Gasteiger charge is -2.33. The van der Waals surface area contributed by atoms with Gasteiger partial charge in [0.2, 0.25) is 0 Å². The molecule has 0 unspecified atom stereocenters. The smallest absolute Gasteiger partial charge is 0.253 e. The highest BCUT2D eigenvalue weighted by Gasteiger charge is 2.25. The fourth-order valence-electron chi connectivity index (χ4n) is 5.36. The molecule has 2 aromatic carbocycles. The predicted octanol–water partition coefficient (Wildman–Crippen LogP) is 3.97. The minimum absolute atomic E-state index is 0.0857. The Kier molecular flexibility index (Phi) is 6.46. The zero-order valence-corrected chi connectivity index (χ0v) is 20.0. The molecule has 1 fully saturated rings. The first-order chi connectivity index (χ1) is 16.5. The molecule has 0 atom stereocenters. The van der Waals surface area contributed by atoms with E-state index < -0.39 is 0 Å². The summed E-state index contributed by atoms with van der Waals surface area (Å²) in [6, 6.07) is 10.8. The lowest BCUT2D eigenvalue weighted by atomic mass is 9.96. The van der Waals surface area contributed by atoms with Crippen LogP contribution in [0.4, 0.5) is 10.2 Å². The Morgan fingerprint density at radius 3 is 2.71 bits per heavy atom. The summed E-state index contributed by atoms with van der Waals surface area (Å²) in [5.41, 5.74) is 6.59. The van der Waals surface area contributed by atoms with Gasteiger partial charge in [0.05, 0.1) is 5.52 Å². The van der Waals surface area contributed by atoms with Crippen LogP contribution in [0.5, 0.6) is 0 Å². The second kappa shape index (κ2) is 9.66. The van der Waals surface area contributed by atoms with Gasteiger partial charge >= 0.3 is 0 Å². The first-order valence-electron chi connectivity index (χ1n) is 12.2. The number of carbonyl (C=O) groups is 1. The van der Waals surface area contributed by atoms with E-state index in [0.29, 0.717) is 25.7 Å². The molecule has 0 bridgehead atoms. The fourth-order valence-corrected chi connectivity index (χ4v) is 5.36. The predicted molar refractivity (Wildman–Crippen MR) is 133 cm³/mol. The Hall–Kier alpha value is -3.06. The van der Waals surface area contributed by atoms with Crippen molar-refractivity contribution in [1.29, 1.82) is 0 Å². The Labute approximate surface area is 200 Å². The SMILES string of the molecule is Cc1cc(C)c2ncnc(N3CCc4ccc(C(=O)N5CCC(NCCF)CC5)cc4C3)c2c1. The van der Waals surface area contributed by atoms with E-state index in [2.05, 4.69) is 58.3 Å². The Morgan fingerprint density at radius 1 is 1.09 bits per heavy atom. The molecule has 0 saturated carbocycles. The molecule has 3 heterocycles. The lowest BCUT2D eigenvalue weighted by Crippen LogP contribution is -2.45. The van der Waals surface area contributed by atoms with Gasteiger partial charge in [-0.05, 0) is 73.6 Å². The molecule has 3 aromatic rings. The molecule has 1 N–H and O–H groups in total. The highest BCUT2D eigenvalue weighted by molar-refractivity contribution is 5.95. The molecular formula is C27H32FN5O. The monoisotopic (exact) mass is 461 g/mol. The molecule has 178 valence electrons. The maximum atomic E-state index is 13.2. The maximum absolute atomic E-state index is 13.2. The van der Waals surface area contributed by atoms with Crippen LogP contribution in [0, 0.1) is 13.8 Å². The minimum atomic E-state index is -0.352. The van der Waals surface area contributed by atoms with Crippen LogP contribution in [-0.2, 0) is 13.0 Å². The van der Waals surface area contributed by atoms with E-state index in [1.54, 1.807) is 6.33 Å².